The van der Waals surface area contributed by atoms with Gasteiger partial charge in [0.05, 0.1) is 17.6 Å². The third kappa shape index (κ3) is 6.56. The van der Waals surface area contributed by atoms with Gasteiger partial charge in [0.15, 0.2) is 5.71 Å². The molecule has 3 N–H and O–H groups in total. The Bertz CT molecular complexity index is 1150. The van der Waals surface area contributed by atoms with Crippen molar-refractivity contribution in [2.45, 2.75) is 31.8 Å². The average molecular weight is 531 g/mol. The summed E-state index contributed by atoms with van der Waals surface area (Å²) in [7, 11) is 2.06. The van der Waals surface area contributed by atoms with Gasteiger partial charge in [-0.2, -0.15) is 5.10 Å². The van der Waals surface area contributed by atoms with Crippen LogP contribution in [-0.4, -0.2) is 84.1 Å². The average Bonchev–Trinajstić information content (AvgIpc) is 3.24. The second-order valence-electron chi connectivity index (χ2n) is 9.72. The molecule has 3 aliphatic rings. The molecule has 1 aliphatic carbocycles. The Hall–Kier alpha value is -3.24. The van der Waals surface area contributed by atoms with Gasteiger partial charge in [0.25, 0.3) is 5.91 Å². The lowest BCUT2D eigenvalue weighted by Gasteiger charge is -2.34. The standard InChI is InChI=1S/C26H32ClFN6O3/c1-32-11-9-17(10-12-32)14-33(15-22(35)30-13-18-5-4-7-20(27)24(18)28)23(36)16-34-21-8-3-2-6-19(21)25(31-34)26(29)37/h2-7,17,21H,8-16H2,1H3,(H2,29,37)(H,30,35). The fraction of sp³-hybridized carbons (Fsp3) is 0.462. The topological polar surface area (TPSA) is 111 Å². The molecule has 0 aromatic heterocycles. The minimum absolute atomic E-state index is 0.0155. The summed E-state index contributed by atoms with van der Waals surface area (Å²) in [5, 5.41) is 8.61. The molecule has 9 nitrogen and oxygen atoms in total. The van der Waals surface area contributed by atoms with Crippen molar-refractivity contribution < 1.29 is 18.8 Å². The second kappa shape index (κ2) is 11.9. The number of carbonyl (C=O) groups is 3. The van der Waals surface area contributed by atoms with E-state index < -0.39 is 17.6 Å². The molecule has 1 aromatic carbocycles. The number of likely N-dealkylation sites (tertiary alicyclic amines) is 1. The molecular weight excluding hydrogens is 499 g/mol. The lowest BCUT2D eigenvalue weighted by molar-refractivity contribution is -0.138. The van der Waals surface area contributed by atoms with Crippen LogP contribution in [0.5, 0.6) is 0 Å². The molecule has 1 aromatic rings. The summed E-state index contributed by atoms with van der Waals surface area (Å²) in [5.41, 5.74) is 6.64. The van der Waals surface area contributed by atoms with Gasteiger partial charge in [0.1, 0.15) is 12.4 Å². The van der Waals surface area contributed by atoms with Crippen molar-refractivity contribution in [2.75, 3.05) is 39.8 Å². The molecule has 1 unspecified atom stereocenters. The number of piperidine rings is 1. The van der Waals surface area contributed by atoms with E-state index in [2.05, 4.69) is 22.4 Å². The van der Waals surface area contributed by atoms with Crippen molar-refractivity contribution >= 4 is 35.0 Å². The van der Waals surface area contributed by atoms with Gasteiger partial charge in [0.2, 0.25) is 11.8 Å². The normalized spacial score (nSPS) is 19.8. The van der Waals surface area contributed by atoms with Crippen molar-refractivity contribution in [1.29, 1.82) is 0 Å². The van der Waals surface area contributed by atoms with Gasteiger partial charge in [0, 0.05) is 24.2 Å². The van der Waals surface area contributed by atoms with Crippen molar-refractivity contribution in [1.82, 2.24) is 20.1 Å². The largest absolute Gasteiger partial charge is 0.364 e. The SMILES string of the molecule is CN1CCC(CN(CC(=O)NCc2cccc(Cl)c2F)C(=O)CN2N=C(C(N)=O)C3=CC=CCC32)CC1. The quantitative estimate of drug-likeness (QED) is 0.504. The number of amides is 3. The van der Waals surface area contributed by atoms with Crippen LogP contribution in [0.2, 0.25) is 5.02 Å². The zero-order valence-corrected chi connectivity index (χ0v) is 21.6. The highest BCUT2D eigenvalue weighted by molar-refractivity contribution is 6.45. The molecule has 1 atom stereocenters. The van der Waals surface area contributed by atoms with Gasteiger partial charge in [-0.05, 0) is 51.4 Å². The number of halogens is 2. The Kier molecular flexibility index (Phi) is 8.60. The predicted molar refractivity (Wildman–Crippen MR) is 139 cm³/mol. The molecule has 4 rings (SSSR count). The number of hydrazone groups is 1. The highest BCUT2D eigenvalue weighted by Crippen LogP contribution is 2.27. The highest BCUT2D eigenvalue weighted by atomic mass is 35.5. The van der Waals surface area contributed by atoms with Gasteiger partial charge >= 0.3 is 0 Å². The molecule has 1 saturated heterocycles. The van der Waals surface area contributed by atoms with E-state index in [1.807, 2.05) is 12.2 Å². The van der Waals surface area contributed by atoms with Crippen molar-refractivity contribution in [3.8, 4) is 0 Å². The number of hydrogen-bond acceptors (Lipinski definition) is 6. The van der Waals surface area contributed by atoms with Crippen molar-refractivity contribution in [2.24, 2.45) is 16.8 Å². The van der Waals surface area contributed by atoms with E-state index in [1.54, 1.807) is 28.1 Å². The summed E-state index contributed by atoms with van der Waals surface area (Å²) in [6.07, 6.45) is 8.02. The molecule has 0 spiro atoms. The summed E-state index contributed by atoms with van der Waals surface area (Å²) < 4.78 is 14.2. The number of allylic oxidation sites excluding steroid dienone is 2. The molecule has 0 radical (unpaired) electrons. The number of benzene rings is 1. The molecule has 2 heterocycles. The maximum Gasteiger partial charge on any atom is 0.269 e. The van der Waals surface area contributed by atoms with E-state index in [0.29, 0.717) is 18.5 Å². The van der Waals surface area contributed by atoms with Crippen molar-refractivity contribution in [3.05, 3.63) is 58.4 Å². The number of nitrogens with zero attached hydrogens (tertiary/aromatic N) is 4. The molecule has 37 heavy (non-hydrogen) atoms. The van der Waals surface area contributed by atoms with Crippen LogP contribution in [0.15, 0.2) is 47.1 Å². The third-order valence-electron chi connectivity index (χ3n) is 7.03. The maximum atomic E-state index is 14.2. The maximum absolute atomic E-state index is 14.2. The molecule has 1 fully saturated rings. The predicted octanol–water partition coefficient (Wildman–Crippen LogP) is 1.68. The number of carbonyl (C=O) groups excluding carboxylic acids is 3. The van der Waals surface area contributed by atoms with Crippen LogP contribution in [0.25, 0.3) is 0 Å². The first-order chi connectivity index (χ1) is 17.7. The Labute approximate surface area is 220 Å². The number of fused-ring (bicyclic) bond motifs is 1. The lowest BCUT2D eigenvalue weighted by atomic mass is 9.95. The van der Waals surface area contributed by atoms with Gasteiger partial charge in [-0.3, -0.25) is 19.4 Å². The number of primary amides is 1. The number of hydrogen-bond donors (Lipinski definition) is 2. The molecule has 0 saturated carbocycles. The lowest BCUT2D eigenvalue weighted by Crippen LogP contribution is -2.48. The summed E-state index contributed by atoms with van der Waals surface area (Å²) in [6.45, 7) is 1.99. The van der Waals surface area contributed by atoms with E-state index in [1.165, 1.54) is 6.07 Å². The smallest absolute Gasteiger partial charge is 0.269 e. The van der Waals surface area contributed by atoms with Crippen LogP contribution >= 0.6 is 11.6 Å². The van der Waals surface area contributed by atoms with Gasteiger partial charge in [-0.25, -0.2) is 4.39 Å². The molecule has 198 valence electrons. The van der Waals surface area contributed by atoms with Crippen LogP contribution in [0.4, 0.5) is 4.39 Å². The Balaban J connectivity index is 1.44. The van der Waals surface area contributed by atoms with E-state index in [0.717, 1.165) is 25.9 Å². The van der Waals surface area contributed by atoms with E-state index in [4.69, 9.17) is 17.3 Å². The minimum atomic E-state index is -0.641. The van der Waals surface area contributed by atoms with Crippen LogP contribution < -0.4 is 11.1 Å². The van der Waals surface area contributed by atoms with Gasteiger partial charge in [-0.15, -0.1) is 0 Å². The van der Waals surface area contributed by atoms with Crippen LogP contribution in [0.1, 0.15) is 24.8 Å². The van der Waals surface area contributed by atoms with E-state index >= 15 is 0 Å². The molecular formula is C26H32ClFN6O3. The Morgan fingerprint density at radius 2 is 2.03 bits per heavy atom. The second-order valence-corrected chi connectivity index (χ2v) is 10.1. The van der Waals surface area contributed by atoms with Gasteiger partial charge < -0.3 is 20.9 Å². The number of nitrogens with two attached hydrogens (primary N) is 1. The van der Waals surface area contributed by atoms with Gasteiger partial charge in [-0.1, -0.05) is 42.0 Å². The van der Waals surface area contributed by atoms with Crippen LogP contribution in [0.3, 0.4) is 0 Å². The minimum Gasteiger partial charge on any atom is -0.364 e. The molecule has 11 heteroatoms. The molecule has 2 aliphatic heterocycles. The summed E-state index contributed by atoms with van der Waals surface area (Å²) in [5.74, 6) is -1.63. The Morgan fingerprint density at radius 3 is 2.76 bits per heavy atom. The number of nitrogens with one attached hydrogen (secondary N) is 1. The first-order valence-corrected chi connectivity index (χ1v) is 12.8. The fourth-order valence-electron chi connectivity index (χ4n) is 4.89. The third-order valence-corrected chi connectivity index (χ3v) is 7.33. The van der Waals surface area contributed by atoms with Crippen molar-refractivity contribution in [3.63, 3.8) is 0 Å². The monoisotopic (exact) mass is 530 g/mol. The Morgan fingerprint density at radius 1 is 1.27 bits per heavy atom. The molecule has 3 amide bonds. The number of rotatable bonds is 9. The van der Waals surface area contributed by atoms with E-state index in [-0.39, 0.29) is 53.8 Å². The van der Waals surface area contributed by atoms with E-state index in [9.17, 15) is 18.8 Å². The van der Waals surface area contributed by atoms with Crippen LogP contribution in [0, 0.1) is 11.7 Å². The first-order valence-electron chi connectivity index (χ1n) is 12.4. The highest BCUT2D eigenvalue weighted by Gasteiger charge is 2.36. The fourth-order valence-corrected chi connectivity index (χ4v) is 5.08. The first kappa shape index (κ1) is 26.8. The zero-order chi connectivity index (χ0) is 26.5. The summed E-state index contributed by atoms with van der Waals surface area (Å²) in [4.78, 5) is 42.0. The summed E-state index contributed by atoms with van der Waals surface area (Å²) >= 11 is 5.84. The zero-order valence-electron chi connectivity index (χ0n) is 20.8. The molecule has 0 bridgehead atoms. The van der Waals surface area contributed by atoms with Crippen LogP contribution in [-0.2, 0) is 20.9 Å². The summed E-state index contributed by atoms with van der Waals surface area (Å²) in [6, 6.07) is 4.36.